The molecule has 6 rings (SSSR count). The van der Waals surface area contributed by atoms with Crippen LogP contribution >= 0.6 is 0 Å². The molecule has 0 fully saturated rings. The first-order valence-electron chi connectivity index (χ1n) is 10.2. The predicted molar refractivity (Wildman–Crippen MR) is 127 cm³/mol. The smallest absolute Gasteiger partial charge is 0.264 e. The molecule has 3 heterocycles. The highest BCUT2D eigenvalue weighted by molar-refractivity contribution is 6.22. The molecule has 0 saturated heterocycles. The van der Waals surface area contributed by atoms with Gasteiger partial charge in [0.25, 0.3) is 5.56 Å². The number of benzene rings is 3. The molecule has 3 aromatic heterocycles. The summed E-state index contributed by atoms with van der Waals surface area (Å²) in [6, 6.07) is 25.4. The first-order valence-corrected chi connectivity index (χ1v) is 10.2. The van der Waals surface area contributed by atoms with E-state index >= 15 is 0 Å². The van der Waals surface area contributed by atoms with Gasteiger partial charge in [0.15, 0.2) is 0 Å². The van der Waals surface area contributed by atoms with Gasteiger partial charge in [-0.2, -0.15) is 0 Å². The number of aromatic nitrogens is 2. The highest BCUT2D eigenvalue weighted by Crippen LogP contribution is 2.36. The molecule has 0 atom stereocenters. The van der Waals surface area contributed by atoms with Crippen LogP contribution in [0, 0.1) is 0 Å². The molecule has 0 aliphatic heterocycles. The van der Waals surface area contributed by atoms with Gasteiger partial charge >= 0.3 is 0 Å². The fraction of sp³-hybridized carbons (Fsp3) is 0.0370. The summed E-state index contributed by atoms with van der Waals surface area (Å²) in [4.78, 5) is 26.4. The summed E-state index contributed by atoms with van der Waals surface area (Å²) in [6.45, 7) is 1.97. The van der Waals surface area contributed by atoms with Gasteiger partial charge in [0.1, 0.15) is 0 Å². The first kappa shape index (κ1) is 17.7. The first-order chi connectivity index (χ1) is 15.3. The standard InChI is InChI=1S/C27H18N2O2/c1-2-18-19-12-6-9-15-22(19)29-25(18)26-24(20-13-7-8-14-21(20)28(26)16-30)23(27(29)31)17-10-4-3-5-11-17/h2-16H,1H3/b18-2-. The van der Waals surface area contributed by atoms with Crippen LogP contribution in [0.1, 0.15) is 6.92 Å². The molecule has 0 spiro atoms. The van der Waals surface area contributed by atoms with E-state index in [0.29, 0.717) is 5.56 Å². The average molecular weight is 402 g/mol. The normalized spacial score (nSPS) is 12.5. The lowest BCUT2D eigenvalue weighted by molar-refractivity contribution is 0.550. The van der Waals surface area contributed by atoms with E-state index in [-0.39, 0.29) is 5.56 Å². The van der Waals surface area contributed by atoms with Crippen molar-refractivity contribution in [3.63, 3.8) is 0 Å². The number of pyridine rings is 1. The monoisotopic (exact) mass is 402 g/mol. The fourth-order valence-corrected chi connectivity index (χ4v) is 4.95. The van der Waals surface area contributed by atoms with Crippen LogP contribution in [0.5, 0.6) is 0 Å². The summed E-state index contributed by atoms with van der Waals surface area (Å²) in [6.07, 6.45) is 2.87. The van der Waals surface area contributed by atoms with E-state index in [1.54, 1.807) is 8.97 Å². The van der Waals surface area contributed by atoms with E-state index in [2.05, 4.69) is 0 Å². The Balaban J connectivity index is 2.09. The van der Waals surface area contributed by atoms with Crippen molar-refractivity contribution in [3.05, 3.63) is 94.4 Å². The second kappa shape index (κ2) is 6.41. The van der Waals surface area contributed by atoms with Crippen molar-refractivity contribution in [1.82, 2.24) is 8.97 Å². The number of fused-ring (bicyclic) bond motifs is 7. The lowest BCUT2D eigenvalue weighted by atomic mass is 10.0. The summed E-state index contributed by atoms with van der Waals surface area (Å²) in [5.74, 6) is 0. The molecule has 0 saturated carbocycles. The van der Waals surface area contributed by atoms with Crippen molar-refractivity contribution in [2.24, 2.45) is 0 Å². The number of hydrogen-bond donors (Lipinski definition) is 0. The molecule has 0 bridgehead atoms. The van der Waals surface area contributed by atoms with Gasteiger partial charge in [-0.1, -0.05) is 72.8 Å². The molecular weight excluding hydrogens is 384 g/mol. The van der Waals surface area contributed by atoms with Gasteiger partial charge in [-0.15, -0.1) is 0 Å². The van der Waals surface area contributed by atoms with Crippen LogP contribution in [0.2, 0.25) is 0 Å². The van der Waals surface area contributed by atoms with E-state index in [1.807, 2.05) is 91.9 Å². The second-order valence-corrected chi connectivity index (χ2v) is 7.67. The van der Waals surface area contributed by atoms with Crippen molar-refractivity contribution < 1.29 is 4.79 Å². The van der Waals surface area contributed by atoms with E-state index in [4.69, 9.17) is 0 Å². The Morgan fingerprint density at radius 1 is 0.742 bits per heavy atom. The molecule has 0 radical (unpaired) electrons. The molecule has 3 aromatic carbocycles. The maximum absolute atomic E-state index is 14.1. The number of carbonyl (C=O) groups excluding carboxylic acids is 1. The molecule has 148 valence electrons. The Morgan fingerprint density at radius 2 is 1.39 bits per heavy atom. The number of hydrogen-bond acceptors (Lipinski definition) is 2. The zero-order chi connectivity index (χ0) is 21.1. The average Bonchev–Trinajstić information content (AvgIpc) is 3.33. The quantitative estimate of drug-likeness (QED) is 0.391. The zero-order valence-corrected chi connectivity index (χ0v) is 16.9. The van der Waals surface area contributed by atoms with E-state index in [1.165, 1.54) is 0 Å². The van der Waals surface area contributed by atoms with Crippen LogP contribution < -0.4 is 10.8 Å². The van der Waals surface area contributed by atoms with Crippen molar-refractivity contribution in [2.45, 2.75) is 6.92 Å². The molecule has 31 heavy (non-hydrogen) atoms. The summed E-state index contributed by atoms with van der Waals surface area (Å²) >= 11 is 0. The third kappa shape index (κ3) is 2.19. The lowest BCUT2D eigenvalue weighted by Crippen LogP contribution is -2.17. The maximum atomic E-state index is 14.1. The van der Waals surface area contributed by atoms with Gasteiger partial charge in [0, 0.05) is 21.4 Å². The van der Waals surface area contributed by atoms with Gasteiger partial charge in [-0.25, -0.2) is 0 Å². The third-order valence-corrected chi connectivity index (χ3v) is 6.17. The van der Waals surface area contributed by atoms with Gasteiger partial charge in [-0.3, -0.25) is 18.6 Å². The minimum Gasteiger partial charge on any atom is -0.280 e. The van der Waals surface area contributed by atoms with Gasteiger partial charge < -0.3 is 0 Å². The largest absolute Gasteiger partial charge is 0.280 e. The second-order valence-electron chi connectivity index (χ2n) is 7.67. The molecule has 6 aromatic rings. The lowest BCUT2D eigenvalue weighted by Gasteiger charge is -2.08. The van der Waals surface area contributed by atoms with Crippen molar-refractivity contribution in [1.29, 1.82) is 0 Å². The zero-order valence-electron chi connectivity index (χ0n) is 16.9. The highest BCUT2D eigenvalue weighted by Gasteiger charge is 2.24. The molecule has 0 unspecified atom stereocenters. The summed E-state index contributed by atoms with van der Waals surface area (Å²) in [5.41, 5.74) is 4.55. The van der Waals surface area contributed by atoms with Crippen LogP contribution in [-0.2, 0) is 4.79 Å². The van der Waals surface area contributed by atoms with Gasteiger partial charge in [0.05, 0.1) is 27.6 Å². The minimum atomic E-state index is -0.0770. The Bertz CT molecular complexity index is 1770. The van der Waals surface area contributed by atoms with E-state index in [9.17, 15) is 9.59 Å². The molecule has 0 aliphatic carbocycles. The Kier molecular flexibility index (Phi) is 3.65. The van der Waals surface area contributed by atoms with Crippen LogP contribution in [0.3, 0.4) is 0 Å². The number of para-hydroxylation sites is 2. The number of nitrogens with zero attached hydrogens (tertiary/aromatic N) is 2. The van der Waals surface area contributed by atoms with E-state index in [0.717, 1.165) is 55.4 Å². The number of carbonyl (C=O) groups is 1. The Labute approximate surface area is 177 Å². The molecule has 4 heteroatoms. The van der Waals surface area contributed by atoms with Crippen molar-refractivity contribution in [2.75, 3.05) is 0 Å². The van der Waals surface area contributed by atoms with Gasteiger partial charge in [0.2, 0.25) is 6.41 Å². The molecular formula is C27H18N2O2. The molecule has 4 nitrogen and oxygen atoms in total. The van der Waals surface area contributed by atoms with Crippen LogP contribution in [0.15, 0.2) is 83.7 Å². The Hall–Kier alpha value is -4.18. The SMILES string of the molecule is C/C=c1/c2ccccc2n2c(=O)c(-c3ccccc3)c3c4ccccc4n(C=O)c3c12. The van der Waals surface area contributed by atoms with Crippen LogP contribution in [-0.4, -0.2) is 15.4 Å². The van der Waals surface area contributed by atoms with Crippen LogP contribution in [0.4, 0.5) is 0 Å². The topological polar surface area (TPSA) is 43.5 Å². The predicted octanol–water partition coefficient (Wildman–Crippen LogP) is 4.79. The van der Waals surface area contributed by atoms with Gasteiger partial charge in [-0.05, 0) is 24.6 Å². The van der Waals surface area contributed by atoms with Crippen LogP contribution in [0.25, 0.3) is 55.4 Å². The van der Waals surface area contributed by atoms with Crippen molar-refractivity contribution in [3.8, 4) is 11.1 Å². The summed E-state index contributed by atoms with van der Waals surface area (Å²) in [5, 5.41) is 3.67. The van der Waals surface area contributed by atoms with Crippen molar-refractivity contribution >= 4 is 50.7 Å². The Morgan fingerprint density at radius 3 is 2.10 bits per heavy atom. The minimum absolute atomic E-state index is 0.0770. The maximum Gasteiger partial charge on any atom is 0.264 e. The molecule has 0 N–H and O–H groups in total. The number of rotatable bonds is 2. The molecule has 0 aliphatic rings. The summed E-state index contributed by atoms with van der Waals surface area (Å²) < 4.78 is 3.45. The van der Waals surface area contributed by atoms with E-state index < -0.39 is 0 Å². The fourth-order valence-electron chi connectivity index (χ4n) is 4.95. The highest BCUT2D eigenvalue weighted by atomic mass is 16.1. The third-order valence-electron chi connectivity index (χ3n) is 6.17. The molecule has 0 amide bonds. The summed E-state index contributed by atoms with van der Waals surface area (Å²) in [7, 11) is 0.